The molecule has 1 atom stereocenters. The van der Waals surface area contributed by atoms with Crippen LogP contribution in [0.4, 0.5) is 0 Å². The molecule has 3 aromatic rings. The number of likely N-dealkylation sites (N-methyl/N-ethyl adjacent to an activating group) is 1. The third kappa shape index (κ3) is 2.11. The average Bonchev–Trinajstić information content (AvgIpc) is 2.92. The normalized spacial score (nSPS) is 12.7. The van der Waals surface area contributed by atoms with E-state index in [0.717, 1.165) is 20.5 Å². The van der Waals surface area contributed by atoms with Crippen molar-refractivity contribution in [2.75, 3.05) is 7.05 Å². The standard InChI is InChI=1S/C16H17N3O2S/c1-4-11(15(20)17-3)19-16(21)13-10-7-5-6-8-12(10)22-14(13)9(2)18-19/h5-8,11H,4H2,1-3H3,(H,17,20). The molecule has 1 amide bonds. The Morgan fingerprint density at radius 2 is 2.14 bits per heavy atom. The van der Waals surface area contributed by atoms with Gasteiger partial charge in [0.2, 0.25) is 5.91 Å². The van der Waals surface area contributed by atoms with Crippen LogP contribution in [0.3, 0.4) is 0 Å². The second-order valence-corrected chi connectivity index (χ2v) is 6.23. The topological polar surface area (TPSA) is 64.0 Å². The van der Waals surface area contributed by atoms with Crippen molar-refractivity contribution in [1.82, 2.24) is 15.1 Å². The summed E-state index contributed by atoms with van der Waals surface area (Å²) in [6.45, 7) is 3.75. The number of nitrogens with one attached hydrogen (secondary N) is 1. The quantitative estimate of drug-likeness (QED) is 0.808. The number of benzene rings is 1. The first-order valence-electron chi connectivity index (χ1n) is 7.20. The van der Waals surface area contributed by atoms with Crippen molar-refractivity contribution in [3.05, 3.63) is 40.3 Å². The summed E-state index contributed by atoms with van der Waals surface area (Å²) in [4.78, 5) is 24.9. The summed E-state index contributed by atoms with van der Waals surface area (Å²) in [5.41, 5.74) is 0.576. The van der Waals surface area contributed by atoms with Crippen molar-refractivity contribution >= 4 is 37.4 Å². The maximum absolute atomic E-state index is 12.9. The van der Waals surface area contributed by atoms with E-state index in [1.54, 1.807) is 18.4 Å². The first-order valence-corrected chi connectivity index (χ1v) is 8.02. The number of nitrogens with zero attached hydrogens (tertiary/aromatic N) is 2. The van der Waals surface area contributed by atoms with Gasteiger partial charge in [-0.05, 0) is 19.4 Å². The Bertz CT molecular complexity index is 926. The van der Waals surface area contributed by atoms with Crippen molar-refractivity contribution in [3.8, 4) is 0 Å². The van der Waals surface area contributed by atoms with Crippen LogP contribution in [0.15, 0.2) is 29.1 Å². The van der Waals surface area contributed by atoms with Crippen LogP contribution in [0.1, 0.15) is 25.1 Å². The van der Waals surface area contributed by atoms with Crippen molar-refractivity contribution in [2.45, 2.75) is 26.3 Å². The Morgan fingerprint density at radius 1 is 1.41 bits per heavy atom. The van der Waals surface area contributed by atoms with Gasteiger partial charge in [0.1, 0.15) is 6.04 Å². The first kappa shape index (κ1) is 14.7. The van der Waals surface area contributed by atoms with Gasteiger partial charge in [0.05, 0.1) is 15.8 Å². The van der Waals surface area contributed by atoms with Gasteiger partial charge >= 0.3 is 0 Å². The molecule has 1 N–H and O–H groups in total. The predicted octanol–water partition coefficient (Wildman–Crippen LogP) is 2.62. The van der Waals surface area contributed by atoms with Gasteiger partial charge in [0, 0.05) is 17.1 Å². The van der Waals surface area contributed by atoms with Crippen molar-refractivity contribution in [2.24, 2.45) is 0 Å². The third-order valence-electron chi connectivity index (χ3n) is 3.83. The fourth-order valence-corrected chi connectivity index (χ4v) is 3.86. The zero-order valence-electron chi connectivity index (χ0n) is 12.7. The molecule has 0 aliphatic carbocycles. The van der Waals surface area contributed by atoms with Gasteiger partial charge in [-0.2, -0.15) is 5.10 Å². The van der Waals surface area contributed by atoms with Crippen LogP contribution in [0.2, 0.25) is 0 Å². The number of hydrogen-bond donors (Lipinski definition) is 1. The number of hydrogen-bond acceptors (Lipinski definition) is 4. The Balaban J connectivity index is 2.38. The summed E-state index contributed by atoms with van der Waals surface area (Å²) < 4.78 is 3.29. The van der Waals surface area contributed by atoms with E-state index < -0.39 is 6.04 Å². The van der Waals surface area contributed by atoms with E-state index in [1.165, 1.54) is 4.68 Å². The molecule has 0 fully saturated rings. The maximum atomic E-state index is 12.9. The van der Waals surface area contributed by atoms with E-state index in [2.05, 4.69) is 10.4 Å². The molecule has 0 saturated carbocycles. The number of rotatable bonds is 3. The Morgan fingerprint density at radius 3 is 2.82 bits per heavy atom. The highest BCUT2D eigenvalue weighted by atomic mass is 32.1. The Kier molecular flexibility index (Phi) is 3.70. The number of carbonyl (C=O) groups is 1. The lowest BCUT2D eigenvalue weighted by Gasteiger charge is -2.16. The number of aryl methyl sites for hydroxylation is 1. The van der Waals surface area contributed by atoms with E-state index in [9.17, 15) is 9.59 Å². The van der Waals surface area contributed by atoms with Gasteiger partial charge < -0.3 is 5.32 Å². The summed E-state index contributed by atoms with van der Waals surface area (Å²) >= 11 is 1.57. The fraction of sp³-hybridized carbons (Fsp3) is 0.312. The van der Waals surface area contributed by atoms with Gasteiger partial charge in [-0.25, -0.2) is 4.68 Å². The fourth-order valence-electron chi connectivity index (χ4n) is 2.73. The van der Waals surface area contributed by atoms with Gasteiger partial charge in [-0.15, -0.1) is 11.3 Å². The molecule has 114 valence electrons. The molecule has 0 saturated heterocycles. The molecule has 3 rings (SSSR count). The van der Waals surface area contributed by atoms with Crippen LogP contribution in [0.5, 0.6) is 0 Å². The first-order chi connectivity index (χ1) is 10.6. The lowest BCUT2D eigenvalue weighted by Crippen LogP contribution is -2.37. The second-order valence-electron chi connectivity index (χ2n) is 5.18. The average molecular weight is 315 g/mol. The second kappa shape index (κ2) is 5.53. The van der Waals surface area contributed by atoms with E-state index in [-0.39, 0.29) is 11.5 Å². The molecule has 5 nitrogen and oxygen atoms in total. The lowest BCUT2D eigenvalue weighted by molar-refractivity contribution is -0.124. The molecule has 0 radical (unpaired) electrons. The summed E-state index contributed by atoms with van der Waals surface area (Å²) in [5, 5.41) is 8.59. The number of thiophene rings is 1. The molecule has 22 heavy (non-hydrogen) atoms. The monoisotopic (exact) mass is 315 g/mol. The van der Waals surface area contributed by atoms with Crippen LogP contribution < -0.4 is 10.9 Å². The smallest absolute Gasteiger partial charge is 0.276 e. The van der Waals surface area contributed by atoms with Crippen LogP contribution in [0.25, 0.3) is 20.2 Å². The third-order valence-corrected chi connectivity index (χ3v) is 5.11. The highest BCUT2D eigenvalue weighted by molar-refractivity contribution is 7.26. The van der Waals surface area contributed by atoms with Crippen LogP contribution >= 0.6 is 11.3 Å². The molecule has 0 bridgehead atoms. The van der Waals surface area contributed by atoms with Gasteiger partial charge in [-0.1, -0.05) is 25.1 Å². The summed E-state index contributed by atoms with van der Waals surface area (Å²) in [6.07, 6.45) is 0.513. The van der Waals surface area contributed by atoms with Gasteiger partial charge in [0.15, 0.2) is 0 Å². The van der Waals surface area contributed by atoms with Crippen LogP contribution in [0, 0.1) is 6.92 Å². The summed E-state index contributed by atoms with van der Waals surface area (Å²) in [5.74, 6) is -0.199. The minimum absolute atomic E-state index is 0.199. The van der Waals surface area contributed by atoms with Crippen molar-refractivity contribution in [3.63, 3.8) is 0 Å². The van der Waals surface area contributed by atoms with Gasteiger partial charge in [0.25, 0.3) is 5.56 Å². The van der Waals surface area contributed by atoms with Crippen molar-refractivity contribution in [1.29, 1.82) is 0 Å². The Labute approximate surface area is 131 Å². The zero-order valence-corrected chi connectivity index (χ0v) is 13.5. The molecule has 1 aromatic carbocycles. The summed E-state index contributed by atoms with van der Waals surface area (Å²) in [6, 6.07) is 7.24. The lowest BCUT2D eigenvalue weighted by atomic mass is 10.1. The SMILES string of the molecule is CCC(C(=O)NC)n1nc(C)c2sc3ccccc3c2c1=O. The van der Waals surface area contributed by atoms with E-state index in [1.807, 2.05) is 38.1 Å². The zero-order chi connectivity index (χ0) is 15.9. The number of aromatic nitrogens is 2. The molecular weight excluding hydrogens is 298 g/mol. The number of fused-ring (bicyclic) bond motifs is 3. The highest BCUT2D eigenvalue weighted by Gasteiger charge is 2.23. The van der Waals surface area contributed by atoms with Gasteiger partial charge in [-0.3, -0.25) is 9.59 Å². The van der Waals surface area contributed by atoms with E-state index in [0.29, 0.717) is 11.8 Å². The van der Waals surface area contributed by atoms with Crippen LogP contribution in [-0.4, -0.2) is 22.7 Å². The molecule has 2 aromatic heterocycles. The minimum Gasteiger partial charge on any atom is -0.357 e. The predicted molar refractivity (Wildman–Crippen MR) is 89.5 cm³/mol. The number of amides is 1. The number of carbonyl (C=O) groups excluding carboxylic acids is 1. The molecular formula is C16H17N3O2S. The Hall–Kier alpha value is -2.21. The summed E-state index contributed by atoms with van der Waals surface area (Å²) in [7, 11) is 1.57. The van der Waals surface area contributed by atoms with E-state index in [4.69, 9.17) is 0 Å². The highest BCUT2D eigenvalue weighted by Crippen LogP contribution is 2.33. The molecule has 0 aliphatic heterocycles. The molecule has 0 aliphatic rings. The minimum atomic E-state index is -0.584. The van der Waals surface area contributed by atoms with Crippen molar-refractivity contribution < 1.29 is 4.79 Å². The molecule has 1 unspecified atom stereocenters. The molecule has 0 spiro atoms. The van der Waals surface area contributed by atoms with Crippen LogP contribution in [-0.2, 0) is 4.79 Å². The molecule has 6 heteroatoms. The largest absolute Gasteiger partial charge is 0.357 e. The molecule has 2 heterocycles. The van der Waals surface area contributed by atoms with E-state index >= 15 is 0 Å². The maximum Gasteiger partial charge on any atom is 0.276 e.